The van der Waals surface area contributed by atoms with Crippen LogP contribution in [0.3, 0.4) is 0 Å². The zero-order valence-corrected chi connectivity index (χ0v) is 11.7. The first-order valence-corrected chi connectivity index (χ1v) is 7.15. The molecule has 1 amide bonds. The SMILES string of the molecule is O=C1CC(c2ccc(F)cc2)N1c1cccc2cccnc12. The number of fused-ring (bicyclic) bond motifs is 1. The number of benzene rings is 2. The second-order valence-electron chi connectivity index (χ2n) is 5.39. The molecule has 0 radical (unpaired) electrons. The van der Waals surface area contributed by atoms with Crippen LogP contribution in [0, 0.1) is 5.82 Å². The summed E-state index contributed by atoms with van der Waals surface area (Å²) in [5, 5.41) is 0.998. The van der Waals surface area contributed by atoms with Gasteiger partial charge in [0.25, 0.3) is 0 Å². The normalized spacial score (nSPS) is 17.6. The highest BCUT2D eigenvalue weighted by atomic mass is 19.1. The number of carbonyl (C=O) groups is 1. The monoisotopic (exact) mass is 292 g/mol. The molecule has 1 aliphatic heterocycles. The summed E-state index contributed by atoms with van der Waals surface area (Å²) in [7, 11) is 0. The maximum Gasteiger partial charge on any atom is 0.230 e. The van der Waals surface area contributed by atoms with Gasteiger partial charge in [0.2, 0.25) is 5.91 Å². The molecule has 0 aliphatic carbocycles. The molecule has 0 bridgehead atoms. The van der Waals surface area contributed by atoms with Crippen LogP contribution >= 0.6 is 0 Å². The quantitative estimate of drug-likeness (QED) is 0.672. The van der Waals surface area contributed by atoms with E-state index in [-0.39, 0.29) is 17.8 Å². The summed E-state index contributed by atoms with van der Waals surface area (Å²) in [6.07, 6.45) is 2.16. The van der Waals surface area contributed by atoms with Crippen LogP contribution in [-0.2, 0) is 4.79 Å². The Morgan fingerprint density at radius 3 is 2.59 bits per heavy atom. The van der Waals surface area contributed by atoms with E-state index < -0.39 is 0 Å². The van der Waals surface area contributed by atoms with Gasteiger partial charge in [-0.3, -0.25) is 9.78 Å². The molecule has 1 saturated heterocycles. The number of β-lactam (4-membered cyclic amide) rings is 1. The fourth-order valence-corrected chi connectivity index (χ4v) is 2.95. The average molecular weight is 292 g/mol. The van der Waals surface area contributed by atoms with Gasteiger partial charge in [0.15, 0.2) is 0 Å². The Morgan fingerprint density at radius 1 is 1.05 bits per heavy atom. The molecule has 1 atom stereocenters. The lowest BCUT2D eigenvalue weighted by atomic mass is 9.92. The molecule has 2 aromatic carbocycles. The van der Waals surface area contributed by atoms with Crippen LogP contribution in [0.25, 0.3) is 10.9 Å². The predicted molar refractivity (Wildman–Crippen MR) is 83.0 cm³/mol. The molecule has 22 heavy (non-hydrogen) atoms. The highest BCUT2D eigenvalue weighted by Gasteiger charge is 2.39. The standard InChI is InChI=1S/C18H13FN2O/c19-14-8-6-12(7-9-14)16-11-17(22)21(16)15-5-1-3-13-4-2-10-20-18(13)15/h1-10,16H,11H2. The number of amides is 1. The topological polar surface area (TPSA) is 33.2 Å². The Kier molecular flexibility index (Phi) is 2.89. The molecule has 108 valence electrons. The summed E-state index contributed by atoms with van der Waals surface area (Å²) in [6, 6.07) is 15.9. The van der Waals surface area contributed by atoms with Crippen LogP contribution in [0.5, 0.6) is 0 Å². The minimum atomic E-state index is -0.271. The van der Waals surface area contributed by atoms with Crippen molar-refractivity contribution in [2.24, 2.45) is 0 Å². The van der Waals surface area contributed by atoms with Crippen molar-refractivity contribution >= 4 is 22.5 Å². The fraction of sp³-hybridized carbons (Fsp3) is 0.111. The van der Waals surface area contributed by atoms with Crippen LogP contribution in [0.1, 0.15) is 18.0 Å². The van der Waals surface area contributed by atoms with Gasteiger partial charge in [0.05, 0.1) is 23.7 Å². The number of nitrogens with zero attached hydrogens (tertiary/aromatic N) is 2. The number of pyridine rings is 1. The Bertz CT molecular complexity index is 855. The highest BCUT2D eigenvalue weighted by molar-refractivity contribution is 6.07. The molecule has 4 heteroatoms. The molecule has 1 unspecified atom stereocenters. The molecule has 3 aromatic rings. The van der Waals surface area contributed by atoms with E-state index in [2.05, 4.69) is 4.98 Å². The Morgan fingerprint density at radius 2 is 1.82 bits per heavy atom. The van der Waals surface area contributed by atoms with Crippen molar-refractivity contribution in [3.05, 3.63) is 72.2 Å². The molecule has 0 N–H and O–H groups in total. The number of rotatable bonds is 2. The summed E-state index contributed by atoms with van der Waals surface area (Å²) in [5.74, 6) is -0.208. The van der Waals surface area contributed by atoms with Gasteiger partial charge >= 0.3 is 0 Å². The first kappa shape index (κ1) is 13.0. The van der Waals surface area contributed by atoms with E-state index in [1.54, 1.807) is 23.2 Å². The minimum absolute atomic E-state index is 0.0549. The molecule has 1 aromatic heterocycles. The lowest BCUT2D eigenvalue weighted by Crippen LogP contribution is -2.46. The van der Waals surface area contributed by atoms with E-state index in [9.17, 15) is 9.18 Å². The second kappa shape index (κ2) is 4.91. The Hall–Kier alpha value is -2.75. The van der Waals surface area contributed by atoms with Gasteiger partial charge in [-0.2, -0.15) is 0 Å². The van der Waals surface area contributed by atoms with Gasteiger partial charge in [0, 0.05) is 11.6 Å². The summed E-state index contributed by atoms with van der Waals surface area (Å²) in [5.41, 5.74) is 2.56. The van der Waals surface area contributed by atoms with Gasteiger partial charge in [-0.05, 0) is 29.8 Å². The average Bonchev–Trinajstić information content (AvgIpc) is 2.54. The van der Waals surface area contributed by atoms with Crippen molar-refractivity contribution in [2.45, 2.75) is 12.5 Å². The molecule has 0 saturated carbocycles. The molecule has 3 nitrogen and oxygen atoms in total. The largest absolute Gasteiger partial charge is 0.302 e. The number of aromatic nitrogens is 1. The molecular formula is C18H13FN2O. The third-order valence-corrected chi connectivity index (χ3v) is 4.07. The number of halogens is 1. The first-order valence-electron chi connectivity index (χ1n) is 7.15. The smallest absolute Gasteiger partial charge is 0.230 e. The number of para-hydroxylation sites is 1. The van der Waals surface area contributed by atoms with Gasteiger partial charge in [0.1, 0.15) is 5.82 Å². The molecule has 2 heterocycles. The Balaban J connectivity index is 1.79. The summed E-state index contributed by atoms with van der Waals surface area (Å²) in [4.78, 5) is 18.3. The van der Waals surface area contributed by atoms with Crippen LogP contribution < -0.4 is 4.90 Å². The van der Waals surface area contributed by atoms with Gasteiger partial charge in [-0.15, -0.1) is 0 Å². The van der Waals surface area contributed by atoms with E-state index in [1.807, 2.05) is 30.3 Å². The minimum Gasteiger partial charge on any atom is -0.302 e. The van der Waals surface area contributed by atoms with Crippen molar-refractivity contribution in [3.8, 4) is 0 Å². The first-order chi connectivity index (χ1) is 10.7. The van der Waals surface area contributed by atoms with Gasteiger partial charge < -0.3 is 4.90 Å². The predicted octanol–water partition coefficient (Wildman–Crippen LogP) is 3.85. The maximum absolute atomic E-state index is 13.1. The van der Waals surface area contributed by atoms with Crippen molar-refractivity contribution < 1.29 is 9.18 Å². The van der Waals surface area contributed by atoms with E-state index in [0.717, 1.165) is 22.2 Å². The summed E-state index contributed by atoms with van der Waals surface area (Å²) >= 11 is 0. The summed E-state index contributed by atoms with van der Waals surface area (Å²) < 4.78 is 13.1. The van der Waals surface area contributed by atoms with Crippen LogP contribution in [0.4, 0.5) is 10.1 Å². The number of carbonyl (C=O) groups excluding carboxylic acids is 1. The molecular weight excluding hydrogens is 279 g/mol. The number of anilines is 1. The van der Waals surface area contributed by atoms with Crippen molar-refractivity contribution in [3.63, 3.8) is 0 Å². The number of hydrogen-bond acceptors (Lipinski definition) is 2. The molecule has 0 spiro atoms. The second-order valence-corrected chi connectivity index (χ2v) is 5.39. The van der Waals surface area contributed by atoms with E-state index in [4.69, 9.17) is 0 Å². The van der Waals surface area contributed by atoms with Crippen molar-refractivity contribution in [2.75, 3.05) is 4.90 Å². The van der Waals surface area contributed by atoms with Crippen LogP contribution in [0.2, 0.25) is 0 Å². The van der Waals surface area contributed by atoms with Crippen molar-refractivity contribution in [1.29, 1.82) is 0 Å². The van der Waals surface area contributed by atoms with E-state index in [1.165, 1.54) is 12.1 Å². The lowest BCUT2D eigenvalue weighted by Gasteiger charge is -2.41. The zero-order chi connectivity index (χ0) is 15.1. The van der Waals surface area contributed by atoms with Crippen LogP contribution in [-0.4, -0.2) is 10.9 Å². The van der Waals surface area contributed by atoms with Gasteiger partial charge in [-0.1, -0.05) is 30.3 Å². The molecule has 1 aliphatic rings. The Labute approximate surface area is 127 Å². The molecule has 1 fully saturated rings. The zero-order valence-electron chi connectivity index (χ0n) is 11.7. The maximum atomic E-state index is 13.1. The van der Waals surface area contributed by atoms with E-state index >= 15 is 0 Å². The third-order valence-electron chi connectivity index (χ3n) is 4.07. The highest BCUT2D eigenvalue weighted by Crippen LogP contribution is 2.41. The molecule has 4 rings (SSSR count). The summed E-state index contributed by atoms with van der Waals surface area (Å²) in [6.45, 7) is 0. The third kappa shape index (κ3) is 1.96. The van der Waals surface area contributed by atoms with E-state index in [0.29, 0.717) is 6.42 Å². The fourth-order valence-electron chi connectivity index (χ4n) is 2.95. The number of hydrogen-bond donors (Lipinski definition) is 0. The van der Waals surface area contributed by atoms with Crippen LogP contribution in [0.15, 0.2) is 60.8 Å². The van der Waals surface area contributed by atoms with Crippen molar-refractivity contribution in [1.82, 2.24) is 4.98 Å². The van der Waals surface area contributed by atoms with Gasteiger partial charge in [-0.25, -0.2) is 4.39 Å². The lowest BCUT2D eigenvalue weighted by molar-refractivity contribution is -0.124.